The van der Waals surface area contributed by atoms with Crippen molar-refractivity contribution in [1.82, 2.24) is 4.31 Å². The summed E-state index contributed by atoms with van der Waals surface area (Å²) in [4.78, 5) is 11.4. The number of nitrogens with zero attached hydrogens (tertiary/aromatic N) is 1. The molecule has 0 aliphatic carbocycles. The Hall–Kier alpha value is -2.50. The maximum absolute atomic E-state index is 13.2. The van der Waals surface area contributed by atoms with Crippen molar-refractivity contribution in [2.75, 3.05) is 33.9 Å². The first-order chi connectivity index (χ1) is 14.1. The fourth-order valence-electron chi connectivity index (χ4n) is 2.48. The molecular formula is C22H24ClNO5S. The van der Waals surface area contributed by atoms with Gasteiger partial charge < -0.3 is 14.6 Å². The molecule has 8 heteroatoms. The first-order valence-corrected chi connectivity index (χ1v) is 11.1. The quantitative estimate of drug-likeness (QED) is 0.495. The van der Waals surface area contributed by atoms with E-state index in [1.165, 1.54) is 0 Å². The van der Waals surface area contributed by atoms with E-state index in [2.05, 4.69) is 17.7 Å². The molecule has 1 N–H and O–H groups in total. The van der Waals surface area contributed by atoms with Crippen molar-refractivity contribution in [2.45, 2.75) is 11.8 Å². The standard InChI is InChI=1S/C22H24ClNO5S/c1-16-5-9-20(30(4,27)24(2)11-12-28-3)14-17(16)6-7-18-13-19(23)8-10-21(18)29-15-22(25)26/h5,8-10,13-14H,4,11-12,15H2,1-3H3,(H,25,26). The molecule has 0 radical (unpaired) electrons. The maximum Gasteiger partial charge on any atom is 0.341 e. The zero-order valence-electron chi connectivity index (χ0n) is 17.1. The molecule has 0 spiro atoms. The molecular weight excluding hydrogens is 426 g/mol. The minimum atomic E-state index is -2.69. The van der Waals surface area contributed by atoms with Crippen molar-refractivity contribution in [3.8, 4) is 17.6 Å². The Morgan fingerprint density at radius 1 is 1.23 bits per heavy atom. The fourth-order valence-corrected chi connectivity index (χ4v) is 3.97. The summed E-state index contributed by atoms with van der Waals surface area (Å²) in [5, 5.41) is 9.29. The molecule has 30 heavy (non-hydrogen) atoms. The lowest BCUT2D eigenvalue weighted by molar-refractivity contribution is -0.139. The first-order valence-electron chi connectivity index (χ1n) is 8.99. The average molecular weight is 450 g/mol. The minimum Gasteiger partial charge on any atom is -0.481 e. The second kappa shape index (κ2) is 10.5. The molecule has 0 heterocycles. The maximum atomic E-state index is 13.2. The third kappa shape index (κ3) is 6.25. The van der Waals surface area contributed by atoms with Gasteiger partial charge in [-0.3, -0.25) is 0 Å². The molecule has 0 aliphatic rings. The van der Waals surface area contributed by atoms with Gasteiger partial charge in [0.2, 0.25) is 0 Å². The highest BCUT2D eigenvalue weighted by atomic mass is 35.5. The Labute approximate surface area is 182 Å². The number of carbonyl (C=O) groups is 1. The van der Waals surface area contributed by atoms with Crippen LogP contribution >= 0.6 is 11.6 Å². The smallest absolute Gasteiger partial charge is 0.341 e. The number of carboxylic acids is 1. The molecule has 0 saturated heterocycles. The summed E-state index contributed by atoms with van der Waals surface area (Å²) in [6.45, 7) is 2.32. The molecule has 0 aliphatic heterocycles. The first kappa shape index (κ1) is 23.8. The van der Waals surface area contributed by atoms with Gasteiger partial charge >= 0.3 is 5.97 Å². The van der Waals surface area contributed by atoms with E-state index < -0.39 is 22.3 Å². The molecule has 0 fully saturated rings. The third-order valence-electron chi connectivity index (χ3n) is 4.32. The zero-order valence-corrected chi connectivity index (χ0v) is 18.7. The third-order valence-corrected chi connectivity index (χ3v) is 6.73. The van der Waals surface area contributed by atoms with Crippen LogP contribution in [0.2, 0.25) is 5.02 Å². The molecule has 0 saturated carbocycles. The lowest BCUT2D eigenvalue weighted by atomic mass is 10.1. The van der Waals surface area contributed by atoms with Gasteiger partial charge in [-0.15, -0.1) is 0 Å². The summed E-state index contributed by atoms with van der Waals surface area (Å²) in [6, 6.07) is 10.2. The number of benzene rings is 2. The number of carboxylic acid groups (broad SMARTS) is 1. The number of ether oxygens (including phenoxy) is 2. The molecule has 0 amide bonds. The van der Waals surface area contributed by atoms with Gasteiger partial charge in [-0.05, 0) is 55.7 Å². The molecule has 2 aromatic carbocycles. The van der Waals surface area contributed by atoms with Gasteiger partial charge in [0.1, 0.15) is 5.75 Å². The molecule has 1 unspecified atom stereocenters. The summed E-state index contributed by atoms with van der Waals surface area (Å²) in [7, 11) is 0.628. The number of aryl methyl sites for hydroxylation is 1. The van der Waals surface area contributed by atoms with Gasteiger partial charge in [0.15, 0.2) is 6.61 Å². The van der Waals surface area contributed by atoms with Crippen LogP contribution < -0.4 is 4.74 Å². The summed E-state index contributed by atoms with van der Waals surface area (Å²) in [5.74, 6) is 9.16. The van der Waals surface area contributed by atoms with Gasteiger partial charge in [-0.25, -0.2) is 13.3 Å². The second-order valence-corrected chi connectivity index (χ2v) is 9.35. The van der Waals surface area contributed by atoms with E-state index in [4.69, 9.17) is 26.2 Å². The van der Waals surface area contributed by atoms with Crippen LogP contribution in [0.15, 0.2) is 41.3 Å². The lowest BCUT2D eigenvalue weighted by Gasteiger charge is -2.22. The number of rotatable bonds is 8. The van der Waals surface area contributed by atoms with E-state index >= 15 is 0 Å². The second-order valence-electron chi connectivity index (χ2n) is 6.53. The average Bonchev–Trinajstić information content (AvgIpc) is 2.70. The van der Waals surface area contributed by atoms with Gasteiger partial charge in [0, 0.05) is 29.1 Å². The van der Waals surface area contributed by atoms with Crippen LogP contribution in [-0.4, -0.2) is 59.4 Å². The SMILES string of the molecule is C=S(=O)(c1ccc(C)c(C#Cc2cc(Cl)ccc2OCC(=O)O)c1)N(C)CCOC. The normalized spacial score (nSPS) is 12.7. The fraction of sp³-hybridized carbons (Fsp3) is 0.273. The number of hydrogen-bond donors (Lipinski definition) is 1. The Kier molecular flexibility index (Phi) is 8.33. The van der Waals surface area contributed by atoms with Gasteiger partial charge in [0.25, 0.3) is 0 Å². The van der Waals surface area contributed by atoms with Crippen LogP contribution in [0.4, 0.5) is 0 Å². The number of methoxy groups -OCH3 is 1. The van der Waals surface area contributed by atoms with Gasteiger partial charge in [0.05, 0.1) is 21.9 Å². The van der Waals surface area contributed by atoms with Crippen LogP contribution in [0.5, 0.6) is 5.75 Å². The van der Waals surface area contributed by atoms with Crippen LogP contribution in [0, 0.1) is 18.8 Å². The predicted octanol–water partition coefficient (Wildman–Crippen LogP) is 3.08. The van der Waals surface area contributed by atoms with Crippen molar-refractivity contribution in [3.63, 3.8) is 0 Å². The Morgan fingerprint density at radius 3 is 2.60 bits per heavy atom. The highest BCUT2D eigenvalue weighted by molar-refractivity contribution is 7.98. The summed E-state index contributed by atoms with van der Waals surface area (Å²) in [5.41, 5.74) is 2.03. The largest absolute Gasteiger partial charge is 0.481 e. The monoisotopic (exact) mass is 449 g/mol. The van der Waals surface area contributed by atoms with Crippen molar-refractivity contribution in [3.05, 3.63) is 58.1 Å². The van der Waals surface area contributed by atoms with Crippen LogP contribution in [0.3, 0.4) is 0 Å². The van der Waals surface area contributed by atoms with Crippen molar-refractivity contribution >= 4 is 33.1 Å². The van der Waals surface area contributed by atoms with E-state index in [0.717, 1.165) is 5.56 Å². The molecule has 0 aromatic heterocycles. The highest BCUT2D eigenvalue weighted by Gasteiger charge is 2.15. The minimum absolute atomic E-state index is 0.323. The van der Waals surface area contributed by atoms with E-state index in [0.29, 0.717) is 39.9 Å². The van der Waals surface area contributed by atoms with Crippen LogP contribution in [0.25, 0.3) is 0 Å². The molecule has 160 valence electrons. The predicted molar refractivity (Wildman–Crippen MR) is 120 cm³/mol. The van der Waals surface area contributed by atoms with Crippen LogP contribution in [0.1, 0.15) is 16.7 Å². The Bertz CT molecular complexity index is 1090. The van der Waals surface area contributed by atoms with E-state index in [1.54, 1.807) is 48.8 Å². The molecule has 0 bridgehead atoms. The van der Waals surface area contributed by atoms with Crippen molar-refractivity contribution < 1.29 is 23.6 Å². The van der Waals surface area contributed by atoms with Gasteiger partial charge in [-0.1, -0.05) is 29.5 Å². The van der Waals surface area contributed by atoms with E-state index in [1.807, 2.05) is 13.0 Å². The Morgan fingerprint density at radius 2 is 1.93 bits per heavy atom. The molecule has 2 rings (SSSR count). The number of likely N-dealkylation sites (N-methyl/N-ethyl adjacent to an activating group) is 1. The molecule has 1 atom stereocenters. The number of halogens is 1. The number of aliphatic carboxylic acids is 1. The Balaban J connectivity index is 2.40. The van der Waals surface area contributed by atoms with E-state index in [9.17, 15) is 9.00 Å². The molecule has 6 nitrogen and oxygen atoms in total. The van der Waals surface area contributed by atoms with Crippen LogP contribution in [-0.2, 0) is 19.2 Å². The van der Waals surface area contributed by atoms with Gasteiger partial charge in [-0.2, -0.15) is 0 Å². The number of hydrogen-bond acceptors (Lipinski definition) is 4. The topological polar surface area (TPSA) is 76.1 Å². The van der Waals surface area contributed by atoms with E-state index in [-0.39, 0.29) is 0 Å². The zero-order chi connectivity index (χ0) is 22.3. The molecule has 2 aromatic rings. The van der Waals surface area contributed by atoms with Crippen molar-refractivity contribution in [1.29, 1.82) is 0 Å². The highest BCUT2D eigenvalue weighted by Crippen LogP contribution is 2.23. The lowest BCUT2D eigenvalue weighted by Crippen LogP contribution is -2.30. The summed E-state index contributed by atoms with van der Waals surface area (Å²) in [6.07, 6.45) is 0. The summed E-state index contributed by atoms with van der Waals surface area (Å²) < 4.78 is 25.2. The summed E-state index contributed by atoms with van der Waals surface area (Å²) >= 11 is 6.05. The van der Waals surface area contributed by atoms with Crippen molar-refractivity contribution in [2.24, 2.45) is 0 Å².